The first-order chi connectivity index (χ1) is 29.5. The molecule has 5 aliphatic rings. The van der Waals surface area contributed by atoms with Crippen molar-refractivity contribution in [2.24, 2.45) is 0 Å². The number of nitrogens with zero attached hydrogens (tertiary/aromatic N) is 2. The van der Waals surface area contributed by atoms with Crippen LogP contribution in [0, 0.1) is 6.92 Å². The number of hydrogen-bond donors (Lipinski definition) is 4. The minimum atomic E-state index is -1.85. The van der Waals surface area contributed by atoms with Crippen LogP contribution >= 0.6 is 40.1 Å². The topological polar surface area (TPSA) is 196 Å². The van der Waals surface area contributed by atoms with Crippen LogP contribution in [0.1, 0.15) is 15.9 Å². The number of aromatic hydroxyl groups is 1. The number of nitrogens with one attached hydrogen (secondary N) is 1. The Bertz CT molecular complexity index is 2550. The number of aryl methyl sites for hydroxylation is 1. The fourth-order valence-corrected chi connectivity index (χ4v) is 36.9. The number of carbonyl (C=O) groups is 4. The molecule has 0 spiro atoms. The molecule has 318 valence electrons. The maximum absolute atomic E-state index is 13.9. The van der Waals surface area contributed by atoms with Crippen molar-refractivity contribution in [3.8, 4) is 33.9 Å². The summed E-state index contributed by atoms with van der Waals surface area (Å²) in [5.74, 6) is 1.45. The second-order valence-electron chi connectivity index (χ2n) is 14.0. The zero-order chi connectivity index (χ0) is 42.8. The molecule has 0 atom stereocenters. The molecule has 3 aromatic carbocycles. The molecular formula is C41H39As2N3O11S4. The Morgan fingerprint density at radius 3 is 2.15 bits per heavy atom. The third-order valence-electron chi connectivity index (χ3n) is 10.00. The summed E-state index contributed by atoms with van der Waals surface area (Å²) in [6, 6.07) is 16.9. The molecule has 61 heavy (non-hydrogen) atoms. The van der Waals surface area contributed by atoms with Crippen molar-refractivity contribution < 1.29 is 48.4 Å². The average Bonchev–Trinajstić information content (AvgIpc) is 3.98. The molecule has 3 saturated heterocycles. The van der Waals surface area contributed by atoms with Gasteiger partial charge in [-0.25, -0.2) is 0 Å². The third kappa shape index (κ3) is 9.56. The molecule has 14 nitrogen and oxygen atoms in total. The van der Waals surface area contributed by atoms with Crippen LogP contribution in [-0.4, -0.2) is 138 Å². The van der Waals surface area contributed by atoms with Crippen molar-refractivity contribution in [2.75, 3.05) is 79.2 Å². The van der Waals surface area contributed by atoms with Crippen LogP contribution in [0.4, 0.5) is 11.4 Å². The van der Waals surface area contributed by atoms with Gasteiger partial charge >= 0.3 is 262 Å². The van der Waals surface area contributed by atoms with E-state index in [4.69, 9.17) is 13.9 Å². The maximum atomic E-state index is 13.9. The number of fused-ring (bicyclic) bond motifs is 2. The van der Waals surface area contributed by atoms with E-state index in [9.17, 15) is 39.3 Å². The SMILES string of the molecule is Cc1cc(C(=O)Nc2ccc(N(CC(=O)O)CC(=O)O)c(OCC(=O)N3CCOCC3)c2)ccc1-c1c2ccc(=O)c([As]3SCCS3)c-2oc2c([As]3SCCS3)c(O)ccc12. The molecule has 4 heterocycles. The molecule has 0 unspecified atom stereocenters. The van der Waals surface area contributed by atoms with Gasteiger partial charge in [0.05, 0.1) is 18.9 Å². The molecule has 4 aliphatic heterocycles. The number of phenols is 1. The zero-order valence-electron chi connectivity index (χ0n) is 32.6. The van der Waals surface area contributed by atoms with Gasteiger partial charge in [-0.15, -0.1) is 0 Å². The normalized spacial score (nSPS) is 16.0. The fraction of sp³-hybridized carbons (Fsp3) is 0.293. The Morgan fingerprint density at radius 1 is 0.836 bits per heavy atom. The summed E-state index contributed by atoms with van der Waals surface area (Å²) in [5.41, 5.74) is 4.60. The molecule has 0 aromatic heterocycles. The van der Waals surface area contributed by atoms with E-state index >= 15 is 0 Å². The number of carboxylic acids is 2. The minimum absolute atomic E-state index is 0.0166. The van der Waals surface area contributed by atoms with Crippen molar-refractivity contribution in [2.45, 2.75) is 6.92 Å². The van der Waals surface area contributed by atoms with Gasteiger partial charge in [0.15, 0.2) is 6.61 Å². The van der Waals surface area contributed by atoms with Crippen LogP contribution in [0.3, 0.4) is 0 Å². The molecule has 0 saturated carbocycles. The first-order valence-electron chi connectivity index (χ1n) is 19.1. The van der Waals surface area contributed by atoms with E-state index in [0.29, 0.717) is 43.2 Å². The van der Waals surface area contributed by atoms with Gasteiger partial charge in [-0.2, -0.15) is 0 Å². The number of morpholine rings is 1. The summed E-state index contributed by atoms with van der Waals surface area (Å²) in [6.07, 6.45) is 0. The van der Waals surface area contributed by atoms with Crippen molar-refractivity contribution in [1.82, 2.24) is 4.90 Å². The first kappa shape index (κ1) is 43.7. The summed E-state index contributed by atoms with van der Waals surface area (Å²) in [4.78, 5) is 66.7. The molecule has 4 N–H and O–H groups in total. The summed E-state index contributed by atoms with van der Waals surface area (Å²) in [5, 5.41) is 34.1. The van der Waals surface area contributed by atoms with Gasteiger partial charge < -0.3 is 29.5 Å². The van der Waals surface area contributed by atoms with Crippen LogP contribution in [-0.2, 0) is 19.1 Å². The number of phenolic OH excluding ortho intramolecular Hbond substituents is 1. The molecular weight excluding hydrogens is 989 g/mol. The van der Waals surface area contributed by atoms with Crippen molar-refractivity contribution >= 4 is 120 Å². The number of ether oxygens (including phenoxy) is 2. The fourth-order valence-electron chi connectivity index (χ4n) is 7.27. The molecule has 3 fully saturated rings. The first-order valence-corrected chi connectivity index (χ1v) is 33.9. The summed E-state index contributed by atoms with van der Waals surface area (Å²) < 4.78 is 19.7. The van der Waals surface area contributed by atoms with E-state index in [1.54, 1.807) is 29.2 Å². The van der Waals surface area contributed by atoms with Gasteiger partial charge in [0.2, 0.25) is 0 Å². The van der Waals surface area contributed by atoms with Crippen molar-refractivity contribution in [3.63, 3.8) is 0 Å². The second-order valence-corrected chi connectivity index (χ2v) is 37.2. The predicted molar refractivity (Wildman–Crippen MR) is 246 cm³/mol. The Hall–Kier alpha value is -3.89. The van der Waals surface area contributed by atoms with Gasteiger partial charge in [-0.05, 0) is 6.07 Å². The van der Waals surface area contributed by atoms with Crippen LogP contribution in [0.15, 0.2) is 69.9 Å². The Morgan fingerprint density at radius 2 is 1.49 bits per heavy atom. The standard InChI is InChI=1S/C41H39As2N3O11S4/c1-23-18-24(41(54)44-25-3-7-29(46(20-34(50)51)21-35(52)53)32(19-25)56-22-33(49)45-10-12-55-13-11-45)2-4-26(23)36-27-5-8-30(47)37(42-58-14-15-59-42)39(27)57-40-28(36)6-9-31(48)38(40)43-60-16-17-61-43/h2-9,18-19,47H,10-17,20-22H2,1H3,(H,44,54)(H,50,51)(H,52,53). The van der Waals surface area contributed by atoms with Crippen LogP contribution < -0.4 is 29.1 Å². The van der Waals surface area contributed by atoms with Crippen LogP contribution in [0.25, 0.3) is 33.4 Å². The van der Waals surface area contributed by atoms with E-state index in [1.807, 2.05) is 65.2 Å². The molecule has 20 heteroatoms. The Balaban J connectivity index is 1.15. The van der Waals surface area contributed by atoms with E-state index < -0.39 is 62.2 Å². The third-order valence-corrected chi connectivity index (χ3v) is 37.2. The van der Waals surface area contributed by atoms with E-state index in [0.717, 1.165) is 64.3 Å². The van der Waals surface area contributed by atoms with Crippen LogP contribution in [0.2, 0.25) is 0 Å². The van der Waals surface area contributed by atoms with Gasteiger partial charge in [-0.1, -0.05) is 0 Å². The number of aliphatic carboxylic acids is 2. The molecule has 2 amide bonds. The van der Waals surface area contributed by atoms with E-state index in [-0.39, 0.29) is 34.2 Å². The number of carboxylic acid groups (broad SMARTS) is 2. The molecule has 0 bridgehead atoms. The molecule has 3 aromatic rings. The number of anilines is 2. The second kappa shape index (κ2) is 19.2. The monoisotopic (exact) mass is 1030 g/mol. The zero-order valence-corrected chi connectivity index (χ0v) is 39.6. The summed E-state index contributed by atoms with van der Waals surface area (Å²) in [6.45, 7) is 1.73. The molecule has 0 radical (unpaired) electrons. The Kier molecular flexibility index (Phi) is 13.8. The average molecular weight is 1030 g/mol. The number of rotatable bonds is 13. The Labute approximate surface area is 372 Å². The number of carbonyl (C=O) groups excluding carboxylic acids is 2. The van der Waals surface area contributed by atoms with Crippen LogP contribution in [0.5, 0.6) is 11.5 Å². The van der Waals surface area contributed by atoms with Gasteiger partial charge in [0.1, 0.15) is 18.8 Å². The molecule has 8 rings (SSSR count). The quantitative estimate of drug-likeness (QED) is 0.0957. The predicted octanol–water partition coefficient (Wildman–Crippen LogP) is 4.39. The summed E-state index contributed by atoms with van der Waals surface area (Å²) in [7, 11) is 7.53. The summed E-state index contributed by atoms with van der Waals surface area (Å²) >= 11 is -3.65. The van der Waals surface area contributed by atoms with Gasteiger partial charge in [0.25, 0.3) is 5.91 Å². The number of hydrogen-bond acceptors (Lipinski definition) is 14. The van der Waals surface area contributed by atoms with E-state index in [2.05, 4.69) is 5.32 Å². The number of amides is 2. The van der Waals surface area contributed by atoms with Gasteiger partial charge in [0, 0.05) is 13.1 Å². The number of benzene rings is 4. The van der Waals surface area contributed by atoms with Gasteiger partial charge in [-0.3, -0.25) is 14.4 Å². The van der Waals surface area contributed by atoms with E-state index in [1.165, 1.54) is 18.2 Å². The van der Waals surface area contributed by atoms with Crippen molar-refractivity contribution in [1.29, 1.82) is 0 Å². The van der Waals surface area contributed by atoms with Crippen molar-refractivity contribution in [3.05, 3.63) is 82.0 Å². The molecule has 1 aliphatic carbocycles.